The van der Waals surface area contributed by atoms with Crippen LogP contribution in [0.25, 0.3) is 0 Å². The first-order valence-corrected chi connectivity index (χ1v) is 10.7. The number of nitrogens with zero attached hydrogens (tertiary/aromatic N) is 1. The van der Waals surface area contributed by atoms with E-state index >= 15 is 0 Å². The van der Waals surface area contributed by atoms with E-state index in [1.165, 1.54) is 90.3 Å². The van der Waals surface area contributed by atoms with Gasteiger partial charge < -0.3 is 4.90 Å². The molecule has 0 unspecified atom stereocenters. The van der Waals surface area contributed by atoms with E-state index in [4.69, 9.17) is 17.5 Å². The molecule has 0 aliphatic rings. The van der Waals surface area contributed by atoms with Crippen molar-refractivity contribution >= 4 is 10.4 Å². The molecule has 0 rings (SSSR count). The molecule has 5 nitrogen and oxygen atoms in total. The van der Waals surface area contributed by atoms with Crippen LogP contribution in [-0.2, 0) is 10.4 Å². The van der Waals surface area contributed by atoms with Crippen molar-refractivity contribution in [2.75, 3.05) is 19.6 Å². The zero-order chi connectivity index (χ0) is 18.0. The Bertz CT molecular complexity index is 309. The lowest BCUT2D eigenvalue weighted by molar-refractivity contribution is 0.295. The van der Waals surface area contributed by atoms with Gasteiger partial charge in [-0.25, -0.2) is 0 Å². The molecule has 0 heterocycles. The average Bonchev–Trinajstić information content (AvgIpc) is 2.47. The minimum absolute atomic E-state index is 1.22. The van der Waals surface area contributed by atoms with Crippen molar-refractivity contribution in [3.63, 3.8) is 0 Å². The molecule has 0 saturated carbocycles. The second-order valence-corrected chi connectivity index (χ2v) is 6.91. The largest absolute Gasteiger partial charge is 0.394 e. The van der Waals surface area contributed by atoms with Crippen molar-refractivity contribution in [1.82, 2.24) is 4.90 Å². The first-order chi connectivity index (χ1) is 10.8. The molecular weight excluding hydrogens is 314 g/mol. The van der Waals surface area contributed by atoms with Crippen molar-refractivity contribution in [3.8, 4) is 0 Å². The maximum Gasteiger partial charge on any atom is 0.394 e. The summed E-state index contributed by atoms with van der Waals surface area (Å²) in [6.07, 6.45) is 15.9. The average molecular weight is 354 g/mol. The molecule has 0 aromatic heterocycles. The van der Waals surface area contributed by atoms with Gasteiger partial charge in [-0.15, -0.1) is 0 Å². The summed E-state index contributed by atoms with van der Waals surface area (Å²) in [6, 6.07) is 0. The summed E-state index contributed by atoms with van der Waals surface area (Å²) in [6.45, 7) is 10.6. The Morgan fingerprint density at radius 3 is 1.26 bits per heavy atom. The molecule has 0 radical (unpaired) electrons. The smallest absolute Gasteiger partial charge is 0.304 e. The second kappa shape index (κ2) is 18.2. The van der Waals surface area contributed by atoms with E-state index in [9.17, 15) is 0 Å². The Kier molecular flexibility index (Phi) is 19.8. The highest BCUT2D eigenvalue weighted by Gasteiger charge is 1.98. The summed E-state index contributed by atoms with van der Waals surface area (Å²) in [5.41, 5.74) is 0. The minimum Gasteiger partial charge on any atom is -0.304 e. The summed E-state index contributed by atoms with van der Waals surface area (Å²) in [4.78, 5) is 2.54. The van der Waals surface area contributed by atoms with Gasteiger partial charge in [0.1, 0.15) is 0 Å². The maximum absolute atomic E-state index is 8.74. The van der Waals surface area contributed by atoms with Gasteiger partial charge in [-0.1, -0.05) is 85.0 Å². The van der Waals surface area contributed by atoms with E-state index in [-0.39, 0.29) is 0 Å². The third-order valence-corrected chi connectivity index (χ3v) is 3.97. The number of rotatable bonds is 14. The fourth-order valence-electron chi connectivity index (χ4n) is 2.54. The van der Waals surface area contributed by atoms with E-state index in [2.05, 4.69) is 25.7 Å². The minimum atomic E-state index is -4.67. The van der Waals surface area contributed by atoms with Crippen LogP contribution in [0.4, 0.5) is 0 Å². The maximum atomic E-state index is 8.74. The molecule has 0 fully saturated rings. The Hall–Kier alpha value is -0.170. The molecule has 0 atom stereocenters. The fourth-order valence-corrected chi connectivity index (χ4v) is 2.54. The molecule has 142 valence electrons. The normalized spacial score (nSPS) is 11.4. The molecule has 0 aliphatic heterocycles. The number of hydrogen-bond donors (Lipinski definition) is 2. The first kappa shape index (κ1) is 25.1. The molecule has 0 amide bonds. The molecule has 0 spiro atoms. The highest BCUT2D eigenvalue weighted by atomic mass is 32.3. The standard InChI is InChI=1S/C17H37N.H2O4S/c1-4-7-8-9-10-11-12-13-14-15-16-17-18(5-2)6-3;1-5(2,3)4/h4-17H2,1-3H3;(H2,1,2,3,4). The van der Waals surface area contributed by atoms with Crippen LogP contribution in [0, 0.1) is 0 Å². The van der Waals surface area contributed by atoms with Gasteiger partial charge in [-0.05, 0) is 26.1 Å². The predicted octanol–water partition coefficient (Wildman–Crippen LogP) is 4.99. The van der Waals surface area contributed by atoms with Crippen LogP contribution in [0.5, 0.6) is 0 Å². The molecule has 6 heteroatoms. The molecule has 0 aromatic rings. The van der Waals surface area contributed by atoms with Gasteiger partial charge in [0.2, 0.25) is 0 Å². The van der Waals surface area contributed by atoms with E-state index in [0.717, 1.165) is 0 Å². The van der Waals surface area contributed by atoms with Crippen molar-refractivity contribution in [1.29, 1.82) is 0 Å². The third kappa shape index (κ3) is 30.3. The van der Waals surface area contributed by atoms with E-state index in [0.29, 0.717) is 0 Å². The van der Waals surface area contributed by atoms with Crippen molar-refractivity contribution in [2.45, 2.75) is 91.4 Å². The lowest BCUT2D eigenvalue weighted by Gasteiger charge is -2.17. The Morgan fingerprint density at radius 1 is 0.652 bits per heavy atom. The van der Waals surface area contributed by atoms with Crippen molar-refractivity contribution < 1.29 is 17.5 Å². The quantitative estimate of drug-likeness (QED) is 0.340. The molecule has 0 aromatic carbocycles. The summed E-state index contributed by atoms with van der Waals surface area (Å²) < 4.78 is 31.6. The van der Waals surface area contributed by atoms with E-state index in [1.54, 1.807) is 0 Å². The van der Waals surface area contributed by atoms with E-state index < -0.39 is 10.4 Å². The van der Waals surface area contributed by atoms with Crippen molar-refractivity contribution in [3.05, 3.63) is 0 Å². The highest BCUT2D eigenvalue weighted by Crippen LogP contribution is 2.11. The van der Waals surface area contributed by atoms with Crippen LogP contribution in [-0.4, -0.2) is 42.1 Å². The van der Waals surface area contributed by atoms with Gasteiger partial charge >= 0.3 is 10.4 Å². The monoisotopic (exact) mass is 353 g/mol. The lowest BCUT2D eigenvalue weighted by atomic mass is 10.1. The molecule has 23 heavy (non-hydrogen) atoms. The number of unbranched alkanes of at least 4 members (excludes halogenated alkanes) is 10. The zero-order valence-electron chi connectivity index (χ0n) is 15.5. The topological polar surface area (TPSA) is 77.8 Å². The summed E-state index contributed by atoms with van der Waals surface area (Å²) in [5.74, 6) is 0. The Balaban J connectivity index is 0. The van der Waals surface area contributed by atoms with Crippen LogP contribution in [0.15, 0.2) is 0 Å². The van der Waals surface area contributed by atoms with Crippen LogP contribution < -0.4 is 0 Å². The zero-order valence-corrected chi connectivity index (χ0v) is 16.3. The molecule has 0 bridgehead atoms. The lowest BCUT2D eigenvalue weighted by Crippen LogP contribution is -2.23. The highest BCUT2D eigenvalue weighted by molar-refractivity contribution is 7.79. The van der Waals surface area contributed by atoms with Gasteiger partial charge in [-0.2, -0.15) is 8.42 Å². The fraction of sp³-hybridized carbons (Fsp3) is 1.00. The third-order valence-electron chi connectivity index (χ3n) is 3.97. The SMILES string of the molecule is CCCCCCCCCCCCCN(CC)CC.O=S(=O)(O)O. The summed E-state index contributed by atoms with van der Waals surface area (Å²) in [7, 11) is -4.67. The molecule has 0 saturated heterocycles. The van der Waals surface area contributed by atoms with Gasteiger partial charge in [0, 0.05) is 0 Å². The molecule has 2 N–H and O–H groups in total. The number of hydrogen-bond acceptors (Lipinski definition) is 3. The van der Waals surface area contributed by atoms with E-state index in [1.807, 2.05) is 0 Å². The predicted molar refractivity (Wildman–Crippen MR) is 98.4 cm³/mol. The van der Waals surface area contributed by atoms with Gasteiger partial charge in [-0.3, -0.25) is 9.11 Å². The van der Waals surface area contributed by atoms with Gasteiger partial charge in [0.15, 0.2) is 0 Å². The Morgan fingerprint density at radius 2 is 0.957 bits per heavy atom. The van der Waals surface area contributed by atoms with Crippen LogP contribution in [0.1, 0.15) is 91.4 Å². The van der Waals surface area contributed by atoms with Crippen LogP contribution >= 0.6 is 0 Å². The molecular formula is C17H39NO4S. The Labute approximate surface area is 144 Å². The summed E-state index contributed by atoms with van der Waals surface area (Å²) in [5, 5.41) is 0. The summed E-state index contributed by atoms with van der Waals surface area (Å²) >= 11 is 0. The van der Waals surface area contributed by atoms with Crippen LogP contribution in [0.3, 0.4) is 0 Å². The second-order valence-electron chi connectivity index (χ2n) is 6.01. The van der Waals surface area contributed by atoms with Crippen LogP contribution in [0.2, 0.25) is 0 Å². The molecule has 0 aliphatic carbocycles. The first-order valence-electron chi connectivity index (χ1n) is 9.27. The van der Waals surface area contributed by atoms with Gasteiger partial charge in [0.05, 0.1) is 0 Å². The van der Waals surface area contributed by atoms with Gasteiger partial charge in [0.25, 0.3) is 0 Å². The van der Waals surface area contributed by atoms with Crippen molar-refractivity contribution in [2.24, 2.45) is 0 Å².